The van der Waals surface area contributed by atoms with Gasteiger partial charge in [0.15, 0.2) is 0 Å². The van der Waals surface area contributed by atoms with Crippen LogP contribution in [-0.4, -0.2) is 67.5 Å². The molecule has 37 heavy (non-hydrogen) atoms. The highest BCUT2D eigenvalue weighted by molar-refractivity contribution is 7.89. The summed E-state index contributed by atoms with van der Waals surface area (Å²) in [6, 6.07) is 21.3. The molecule has 190 valence electrons. The monoisotopic (exact) mass is 516 g/mol. The Morgan fingerprint density at radius 1 is 1.00 bits per heavy atom. The van der Waals surface area contributed by atoms with Crippen molar-refractivity contribution in [2.24, 2.45) is 0 Å². The average Bonchev–Trinajstić information content (AvgIpc) is 2.89. The number of fused-ring (bicyclic) bond motifs is 1. The molecule has 0 bridgehead atoms. The molecule has 7 nitrogen and oxygen atoms in total. The third kappa shape index (κ3) is 4.62. The van der Waals surface area contributed by atoms with Crippen molar-refractivity contribution < 1.29 is 23.1 Å². The molecule has 3 atom stereocenters. The Bertz CT molecular complexity index is 1490. The van der Waals surface area contributed by atoms with E-state index in [4.69, 9.17) is 4.74 Å². The van der Waals surface area contributed by atoms with E-state index in [1.165, 1.54) is 4.31 Å². The van der Waals surface area contributed by atoms with Crippen LogP contribution in [0.3, 0.4) is 0 Å². The fraction of sp³-hybridized carbons (Fsp3) is 0.276. The molecule has 0 radical (unpaired) electrons. The predicted octanol–water partition coefficient (Wildman–Crippen LogP) is 2.76. The lowest BCUT2D eigenvalue weighted by atomic mass is 9.74. The number of ether oxygens (including phenoxy) is 1. The fourth-order valence-corrected chi connectivity index (χ4v) is 6.90. The first-order valence-corrected chi connectivity index (χ1v) is 13.5. The molecule has 0 unspecified atom stereocenters. The average molecular weight is 517 g/mol. The van der Waals surface area contributed by atoms with Gasteiger partial charge in [0.1, 0.15) is 5.75 Å². The third-order valence-electron chi connectivity index (χ3n) is 7.15. The number of amides is 1. The summed E-state index contributed by atoms with van der Waals surface area (Å²) >= 11 is 0. The minimum atomic E-state index is -3.83. The first-order chi connectivity index (χ1) is 17.8. The number of aryl methyl sites for hydroxylation is 1. The highest BCUT2D eigenvalue weighted by Crippen LogP contribution is 2.43. The maximum Gasteiger partial charge on any atom is 0.243 e. The van der Waals surface area contributed by atoms with Crippen LogP contribution in [-0.2, 0) is 14.8 Å². The van der Waals surface area contributed by atoms with Gasteiger partial charge in [-0.3, -0.25) is 4.79 Å². The number of hydrogen-bond donors (Lipinski definition) is 1. The molecule has 0 spiro atoms. The number of rotatable bonds is 5. The number of nitrogens with zero attached hydrogens (tertiary/aromatic N) is 2. The highest BCUT2D eigenvalue weighted by atomic mass is 32.2. The lowest BCUT2D eigenvalue weighted by Crippen LogP contribution is -2.73. The first kappa shape index (κ1) is 25.0. The van der Waals surface area contributed by atoms with Crippen molar-refractivity contribution in [1.82, 2.24) is 9.21 Å². The molecule has 0 aromatic heterocycles. The molecular weight excluding hydrogens is 488 g/mol. The molecule has 3 aromatic rings. The lowest BCUT2D eigenvalue weighted by molar-refractivity contribution is -0.158. The number of hydrogen-bond acceptors (Lipinski definition) is 5. The number of aliphatic hydroxyl groups excluding tert-OH is 1. The van der Waals surface area contributed by atoms with Crippen molar-refractivity contribution in [2.75, 3.05) is 26.8 Å². The number of methoxy groups -OCH3 is 1. The summed E-state index contributed by atoms with van der Waals surface area (Å²) in [6.07, 6.45) is 0. The Morgan fingerprint density at radius 2 is 1.73 bits per heavy atom. The maximum absolute atomic E-state index is 13.4. The van der Waals surface area contributed by atoms with Crippen LogP contribution in [0.15, 0.2) is 77.7 Å². The van der Waals surface area contributed by atoms with Crippen LogP contribution < -0.4 is 4.74 Å². The molecule has 3 aromatic carbocycles. The van der Waals surface area contributed by atoms with Crippen molar-refractivity contribution in [3.63, 3.8) is 0 Å². The lowest BCUT2D eigenvalue weighted by Gasteiger charge is -2.58. The van der Waals surface area contributed by atoms with Gasteiger partial charge in [-0.1, -0.05) is 48.2 Å². The minimum Gasteiger partial charge on any atom is -0.497 e. The van der Waals surface area contributed by atoms with Gasteiger partial charge >= 0.3 is 0 Å². The van der Waals surface area contributed by atoms with Crippen LogP contribution in [0.5, 0.6) is 5.75 Å². The summed E-state index contributed by atoms with van der Waals surface area (Å²) in [5.74, 6) is 6.55. The van der Waals surface area contributed by atoms with E-state index in [1.54, 1.807) is 43.2 Å². The summed E-state index contributed by atoms with van der Waals surface area (Å²) in [5.41, 5.74) is 3.25. The Morgan fingerprint density at radius 3 is 2.43 bits per heavy atom. The number of piperazine rings is 1. The molecule has 1 N–H and O–H groups in total. The number of carbonyl (C=O) groups is 1. The second-order valence-corrected chi connectivity index (χ2v) is 11.2. The van der Waals surface area contributed by atoms with Crippen LogP contribution in [0.1, 0.15) is 28.2 Å². The van der Waals surface area contributed by atoms with E-state index in [0.717, 1.165) is 22.4 Å². The van der Waals surface area contributed by atoms with Crippen molar-refractivity contribution in [1.29, 1.82) is 0 Å². The zero-order chi connectivity index (χ0) is 26.2. The van der Waals surface area contributed by atoms with E-state index >= 15 is 0 Å². The largest absolute Gasteiger partial charge is 0.497 e. The van der Waals surface area contributed by atoms with Crippen LogP contribution in [0.2, 0.25) is 0 Å². The Balaban J connectivity index is 1.38. The zero-order valence-corrected chi connectivity index (χ0v) is 21.5. The quantitative estimate of drug-likeness (QED) is 0.527. The van der Waals surface area contributed by atoms with Gasteiger partial charge in [-0.15, -0.1) is 0 Å². The van der Waals surface area contributed by atoms with E-state index in [9.17, 15) is 18.3 Å². The molecule has 0 saturated carbocycles. The summed E-state index contributed by atoms with van der Waals surface area (Å²) in [7, 11) is -2.21. The predicted molar refractivity (Wildman–Crippen MR) is 140 cm³/mol. The van der Waals surface area contributed by atoms with E-state index in [1.807, 2.05) is 48.5 Å². The summed E-state index contributed by atoms with van der Waals surface area (Å²) in [5, 5.41) is 10.1. The van der Waals surface area contributed by atoms with E-state index in [0.29, 0.717) is 5.56 Å². The van der Waals surface area contributed by atoms with Crippen LogP contribution >= 0.6 is 0 Å². The second-order valence-electron chi connectivity index (χ2n) is 9.31. The fourth-order valence-electron chi connectivity index (χ4n) is 5.27. The molecule has 2 saturated heterocycles. The number of aliphatic hydroxyl groups is 1. The molecule has 2 fully saturated rings. The third-order valence-corrected chi connectivity index (χ3v) is 9.12. The molecular formula is C29H28N2O5S. The molecule has 0 aliphatic carbocycles. The normalized spacial score (nSPS) is 21.4. The maximum atomic E-state index is 13.4. The first-order valence-electron chi connectivity index (χ1n) is 12.1. The molecule has 2 aliphatic rings. The van der Waals surface area contributed by atoms with Gasteiger partial charge in [0.05, 0.1) is 37.2 Å². The van der Waals surface area contributed by atoms with Gasteiger partial charge in [-0.05, 0) is 54.4 Å². The summed E-state index contributed by atoms with van der Waals surface area (Å²) < 4.78 is 33.3. The van der Waals surface area contributed by atoms with Crippen molar-refractivity contribution in [2.45, 2.75) is 29.8 Å². The zero-order valence-electron chi connectivity index (χ0n) is 20.7. The summed E-state index contributed by atoms with van der Waals surface area (Å²) in [6.45, 7) is 1.52. The molecule has 8 heteroatoms. The van der Waals surface area contributed by atoms with Gasteiger partial charge in [-0.2, -0.15) is 4.31 Å². The van der Waals surface area contributed by atoms with Gasteiger partial charge in [-0.25, -0.2) is 8.42 Å². The Kier molecular flexibility index (Phi) is 6.78. The minimum absolute atomic E-state index is 0.177. The van der Waals surface area contributed by atoms with E-state index in [2.05, 4.69) is 11.8 Å². The molecule has 2 heterocycles. The van der Waals surface area contributed by atoms with Gasteiger partial charge < -0.3 is 14.7 Å². The molecule has 2 aliphatic heterocycles. The smallest absolute Gasteiger partial charge is 0.243 e. The van der Waals surface area contributed by atoms with Gasteiger partial charge in [0, 0.05) is 23.6 Å². The Hall–Kier alpha value is -3.64. The SMILES string of the molecule is COc1cccc(C#Cc2ccc([C@H]3[C@@H](CO)N4C(=O)CN(S(=O)(=O)c5ccccc5C)C[C@@H]34)cc2)c1. The standard InChI is InChI=1S/C29H28N2O5S/c1-20-6-3-4-9-27(20)37(34,35)30-17-25-29(26(19-32)31(25)28(33)18-30)23-14-12-21(13-15-23)10-11-22-7-5-8-24(16-22)36-2/h3-9,12-16,25-26,29,32H,17-19H2,1-2H3/t25-,26+,29+/m0/s1. The number of carbonyl (C=O) groups excluding carboxylic acids is 1. The van der Waals surface area contributed by atoms with Crippen molar-refractivity contribution >= 4 is 15.9 Å². The topological polar surface area (TPSA) is 87.2 Å². The summed E-state index contributed by atoms with van der Waals surface area (Å²) in [4.78, 5) is 14.8. The highest BCUT2D eigenvalue weighted by Gasteiger charge is 2.55. The van der Waals surface area contributed by atoms with Crippen LogP contribution in [0.25, 0.3) is 0 Å². The van der Waals surface area contributed by atoms with E-state index < -0.39 is 10.0 Å². The second kappa shape index (κ2) is 10.0. The molecule has 5 rings (SSSR count). The van der Waals surface area contributed by atoms with Crippen LogP contribution in [0, 0.1) is 18.8 Å². The Labute approximate surface area is 217 Å². The number of sulfonamides is 1. The number of benzene rings is 3. The van der Waals surface area contributed by atoms with Crippen LogP contribution in [0.4, 0.5) is 0 Å². The van der Waals surface area contributed by atoms with E-state index in [-0.39, 0.29) is 48.5 Å². The van der Waals surface area contributed by atoms with Gasteiger partial charge in [0.2, 0.25) is 15.9 Å². The van der Waals surface area contributed by atoms with Crippen molar-refractivity contribution in [3.05, 3.63) is 95.1 Å². The van der Waals surface area contributed by atoms with Crippen molar-refractivity contribution in [3.8, 4) is 17.6 Å². The van der Waals surface area contributed by atoms with Gasteiger partial charge in [0.25, 0.3) is 0 Å². The molecule has 1 amide bonds.